The number of thiocarbonyl (C=S) groups is 1. The minimum absolute atomic E-state index is 0.0120. The Kier molecular flexibility index (Phi) is 6.72. The van der Waals surface area contributed by atoms with E-state index in [1.54, 1.807) is 0 Å². The molecule has 0 aromatic carbocycles. The van der Waals surface area contributed by atoms with Gasteiger partial charge in [-0.2, -0.15) is 0 Å². The van der Waals surface area contributed by atoms with Crippen LogP contribution in [0.25, 0.3) is 0 Å². The normalized spacial score (nSPS) is 17.2. The third-order valence-electron chi connectivity index (χ3n) is 4.28. The highest BCUT2D eigenvalue weighted by atomic mass is 32.1. The molecule has 5 heteroatoms. The molecule has 1 rings (SSSR count). The average molecular weight is 285 g/mol. The number of rotatable bonds is 7. The van der Waals surface area contributed by atoms with Gasteiger partial charge in [-0.25, -0.2) is 0 Å². The van der Waals surface area contributed by atoms with E-state index < -0.39 is 5.41 Å². The Bertz CT molecular complexity index is 310. The molecule has 1 amide bonds. The second-order valence-electron chi connectivity index (χ2n) is 5.31. The first-order valence-corrected chi connectivity index (χ1v) is 7.78. The van der Waals surface area contributed by atoms with Crippen LogP contribution in [0.2, 0.25) is 0 Å². The summed E-state index contributed by atoms with van der Waals surface area (Å²) in [4.78, 5) is 15.0. The van der Waals surface area contributed by atoms with Gasteiger partial charge in [0, 0.05) is 13.1 Å². The van der Waals surface area contributed by atoms with Gasteiger partial charge in [-0.1, -0.05) is 32.5 Å². The van der Waals surface area contributed by atoms with E-state index in [9.17, 15) is 4.79 Å². The van der Waals surface area contributed by atoms with Crippen molar-refractivity contribution in [1.29, 1.82) is 0 Å². The zero-order valence-electron chi connectivity index (χ0n) is 12.2. The van der Waals surface area contributed by atoms with Gasteiger partial charge in [-0.15, -0.1) is 0 Å². The van der Waals surface area contributed by atoms with Crippen LogP contribution in [0.1, 0.15) is 46.0 Å². The zero-order valence-corrected chi connectivity index (χ0v) is 13.0. The van der Waals surface area contributed by atoms with Crippen molar-refractivity contribution in [3.05, 3.63) is 0 Å². The number of nitrogens with zero attached hydrogens (tertiary/aromatic N) is 1. The molecule has 19 heavy (non-hydrogen) atoms. The van der Waals surface area contributed by atoms with E-state index in [4.69, 9.17) is 18.0 Å². The molecule has 3 N–H and O–H groups in total. The number of likely N-dealkylation sites (tertiary alicyclic amines) is 1. The maximum Gasteiger partial charge on any atom is 0.233 e. The maximum absolute atomic E-state index is 12.3. The summed E-state index contributed by atoms with van der Waals surface area (Å²) in [6.07, 6.45) is 5.20. The van der Waals surface area contributed by atoms with E-state index in [1.165, 1.54) is 19.3 Å². The van der Waals surface area contributed by atoms with E-state index in [2.05, 4.69) is 10.2 Å². The van der Waals surface area contributed by atoms with Crippen molar-refractivity contribution in [3.8, 4) is 0 Å². The van der Waals surface area contributed by atoms with E-state index >= 15 is 0 Å². The minimum Gasteiger partial charge on any atom is -0.392 e. The number of hydrogen-bond donors (Lipinski definition) is 2. The molecule has 1 saturated heterocycles. The highest BCUT2D eigenvalue weighted by Gasteiger charge is 2.37. The van der Waals surface area contributed by atoms with Crippen molar-refractivity contribution in [2.45, 2.75) is 46.0 Å². The molecule has 110 valence electrons. The highest BCUT2D eigenvalue weighted by molar-refractivity contribution is 7.80. The van der Waals surface area contributed by atoms with Gasteiger partial charge in [0.2, 0.25) is 5.91 Å². The predicted octanol–water partition coefficient (Wildman–Crippen LogP) is 1.68. The molecule has 0 radical (unpaired) electrons. The summed E-state index contributed by atoms with van der Waals surface area (Å²) in [5, 5.41) is 3.01. The van der Waals surface area contributed by atoms with E-state index in [0.29, 0.717) is 24.4 Å². The summed E-state index contributed by atoms with van der Waals surface area (Å²) in [5.41, 5.74) is 5.10. The minimum atomic E-state index is -0.669. The van der Waals surface area contributed by atoms with Gasteiger partial charge >= 0.3 is 0 Å². The van der Waals surface area contributed by atoms with Gasteiger partial charge in [-0.3, -0.25) is 4.79 Å². The topological polar surface area (TPSA) is 58.4 Å². The van der Waals surface area contributed by atoms with Crippen LogP contribution in [0.3, 0.4) is 0 Å². The summed E-state index contributed by atoms with van der Waals surface area (Å²) < 4.78 is 0. The lowest BCUT2D eigenvalue weighted by Gasteiger charge is -2.30. The largest absolute Gasteiger partial charge is 0.392 e. The number of amides is 1. The van der Waals surface area contributed by atoms with Crippen molar-refractivity contribution in [1.82, 2.24) is 10.2 Å². The van der Waals surface area contributed by atoms with Gasteiger partial charge in [0.1, 0.15) is 0 Å². The summed E-state index contributed by atoms with van der Waals surface area (Å²) in [7, 11) is 0. The Morgan fingerprint density at radius 2 is 1.84 bits per heavy atom. The van der Waals surface area contributed by atoms with Crippen molar-refractivity contribution < 1.29 is 4.79 Å². The molecule has 0 aromatic rings. The highest BCUT2D eigenvalue weighted by Crippen LogP contribution is 2.27. The molecular formula is C14H27N3OS. The van der Waals surface area contributed by atoms with Crippen LogP contribution < -0.4 is 11.1 Å². The van der Waals surface area contributed by atoms with Gasteiger partial charge in [0.15, 0.2) is 0 Å². The first-order chi connectivity index (χ1) is 9.06. The number of carbonyl (C=O) groups excluding carboxylic acids is 1. The van der Waals surface area contributed by atoms with Crippen molar-refractivity contribution >= 4 is 23.1 Å². The van der Waals surface area contributed by atoms with Crippen LogP contribution in [0.4, 0.5) is 0 Å². The third-order valence-corrected chi connectivity index (χ3v) is 4.67. The fraction of sp³-hybridized carbons (Fsp3) is 0.857. The fourth-order valence-electron chi connectivity index (χ4n) is 2.71. The third kappa shape index (κ3) is 4.14. The van der Waals surface area contributed by atoms with Crippen molar-refractivity contribution in [3.63, 3.8) is 0 Å². The van der Waals surface area contributed by atoms with Crippen LogP contribution in [-0.4, -0.2) is 42.0 Å². The molecule has 0 saturated carbocycles. The quantitative estimate of drug-likeness (QED) is 0.699. The molecule has 0 unspecified atom stereocenters. The van der Waals surface area contributed by atoms with Gasteiger partial charge in [-0.05, 0) is 38.8 Å². The number of nitrogens with one attached hydrogen (secondary N) is 1. The Labute approximate surface area is 122 Å². The number of carbonyl (C=O) groups is 1. The zero-order chi connectivity index (χ0) is 14.3. The number of nitrogens with two attached hydrogens (primary N) is 1. The molecular weight excluding hydrogens is 258 g/mol. The van der Waals surface area contributed by atoms with Crippen LogP contribution in [0, 0.1) is 5.41 Å². The second kappa shape index (κ2) is 7.80. The van der Waals surface area contributed by atoms with Crippen molar-refractivity contribution in [2.24, 2.45) is 11.1 Å². The molecule has 0 aromatic heterocycles. The lowest BCUT2D eigenvalue weighted by Crippen LogP contribution is -2.49. The average Bonchev–Trinajstić information content (AvgIpc) is 2.41. The Hall–Kier alpha value is -0.680. The molecule has 0 atom stereocenters. The fourth-order valence-corrected chi connectivity index (χ4v) is 3.09. The monoisotopic (exact) mass is 285 g/mol. The van der Waals surface area contributed by atoms with E-state index in [0.717, 1.165) is 19.6 Å². The first kappa shape index (κ1) is 16.4. The molecule has 1 aliphatic heterocycles. The van der Waals surface area contributed by atoms with Crippen LogP contribution in [0.15, 0.2) is 0 Å². The molecule has 0 spiro atoms. The standard InChI is InChI=1S/C14H27N3OS/c1-3-14(4-2,12(15)19)13(18)16-8-11-17-9-6-5-7-10-17/h3-11H2,1-2H3,(H2,15,19)(H,16,18). The second-order valence-corrected chi connectivity index (χ2v) is 5.75. The summed E-state index contributed by atoms with van der Waals surface area (Å²) in [6.45, 7) is 7.84. The Morgan fingerprint density at radius 1 is 1.26 bits per heavy atom. The van der Waals surface area contributed by atoms with Gasteiger partial charge in [0.05, 0.1) is 10.4 Å². The van der Waals surface area contributed by atoms with Crippen molar-refractivity contribution in [2.75, 3.05) is 26.2 Å². The van der Waals surface area contributed by atoms with Crippen LogP contribution >= 0.6 is 12.2 Å². The Balaban J connectivity index is 2.42. The predicted molar refractivity (Wildman–Crippen MR) is 83.1 cm³/mol. The molecule has 4 nitrogen and oxygen atoms in total. The maximum atomic E-state index is 12.3. The summed E-state index contributed by atoms with van der Waals surface area (Å²) in [5.74, 6) is -0.0120. The smallest absolute Gasteiger partial charge is 0.233 e. The molecule has 1 aliphatic rings. The molecule has 0 bridgehead atoms. The van der Waals surface area contributed by atoms with Gasteiger partial charge in [0.25, 0.3) is 0 Å². The summed E-state index contributed by atoms with van der Waals surface area (Å²) in [6, 6.07) is 0. The molecule has 1 fully saturated rings. The SMILES string of the molecule is CCC(CC)(C(=O)NCCN1CCCCC1)C(N)=S. The van der Waals surface area contributed by atoms with Crippen LogP contribution in [0.5, 0.6) is 0 Å². The molecule has 1 heterocycles. The van der Waals surface area contributed by atoms with E-state index in [1.807, 2.05) is 13.8 Å². The lowest BCUT2D eigenvalue weighted by molar-refractivity contribution is -0.127. The van der Waals surface area contributed by atoms with Crippen LogP contribution in [-0.2, 0) is 4.79 Å². The summed E-state index contributed by atoms with van der Waals surface area (Å²) >= 11 is 5.09. The van der Waals surface area contributed by atoms with E-state index in [-0.39, 0.29) is 5.91 Å². The van der Waals surface area contributed by atoms with Gasteiger partial charge < -0.3 is 16.0 Å². The number of piperidine rings is 1. The lowest BCUT2D eigenvalue weighted by atomic mass is 9.81. The first-order valence-electron chi connectivity index (χ1n) is 7.37. The molecule has 0 aliphatic carbocycles. The number of hydrogen-bond acceptors (Lipinski definition) is 3. The Morgan fingerprint density at radius 3 is 2.32 bits per heavy atom.